The number of fused-ring (bicyclic) bond motifs is 3. The van der Waals surface area contributed by atoms with Crippen LogP contribution in [0.15, 0.2) is 27.6 Å². The largest absolute Gasteiger partial charge is 0.431 e. The number of carbonyl (C=O) groups is 1. The SMILES string of the molecule is C[C@]12CCC(=O)C[C@H]1CC[C@@H]1[C@@H]2C[C@H](O)[C@]2(C)[C@@H](c3ccc(=O)oc3)C[C@H]3O[C@]132. The first-order valence-corrected chi connectivity index (χ1v) is 11.3. The first kappa shape index (κ1) is 18.3. The van der Waals surface area contributed by atoms with Gasteiger partial charge in [0, 0.05) is 30.2 Å². The molecule has 1 aliphatic heterocycles. The number of Topliss-reactive ketones (excluding diaryl/α,β-unsaturated/α-hetero) is 1. The molecule has 5 fully saturated rings. The van der Waals surface area contributed by atoms with Crippen LogP contribution in [0.4, 0.5) is 0 Å². The van der Waals surface area contributed by atoms with Gasteiger partial charge in [0.15, 0.2) is 0 Å². The lowest BCUT2D eigenvalue weighted by Gasteiger charge is -2.61. The summed E-state index contributed by atoms with van der Waals surface area (Å²) in [4.78, 5) is 23.6. The molecule has 1 aromatic heterocycles. The molecule has 4 saturated carbocycles. The summed E-state index contributed by atoms with van der Waals surface area (Å²) in [5.74, 6) is 1.86. The van der Waals surface area contributed by atoms with E-state index in [0.29, 0.717) is 30.0 Å². The van der Waals surface area contributed by atoms with Crippen LogP contribution in [0.5, 0.6) is 0 Å². The average Bonchev–Trinajstić information content (AvgIpc) is 3.35. The monoisotopic (exact) mass is 398 g/mol. The van der Waals surface area contributed by atoms with Crippen molar-refractivity contribution in [2.75, 3.05) is 0 Å². The molecule has 5 nitrogen and oxygen atoms in total. The zero-order valence-corrected chi connectivity index (χ0v) is 17.2. The van der Waals surface area contributed by atoms with E-state index < -0.39 is 6.10 Å². The lowest BCUT2D eigenvalue weighted by atomic mass is 9.43. The van der Waals surface area contributed by atoms with Gasteiger partial charge in [0.1, 0.15) is 11.4 Å². The van der Waals surface area contributed by atoms with Crippen molar-refractivity contribution < 1.29 is 19.1 Å². The molecule has 9 atom stereocenters. The molecule has 0 unspecified atom stereocenters. The summed E-state index contributed by atoms with van der Waals surface area (Å²) < 4.78 is 11.7. The van der Waals surface area contributed by atoms with Crippen molar-refractivity contribution in [2.45, 2.75) is 82.5 Å². The van der Waals surface area contributed by atoms with Crippen molar-refractivity contribution in [3.63, 3.8) is 0 Å². The van der Waals surface area contributed by atoms with Crippen LogP contribution in [0, 0.1) is 28.6 Å². The van der Waals surface area contributed by atoms with Crippen molar-refractivity contribution in [3.8, 4) is 0 Å². The second kappa shape index (κ2) is 5.61. The number of aliphatic hydroxyl groups excluding tert-OH is 1. The Bertz CT molecular complexity index is 917. The predicted molar refractivity (Wildman–Crippen MR) is 105 cm³/mol. The maximum absolute atomic E-state index is 12.1. The molecular weight excluding hydrogens is 368 g/mol. The molecule has 5 heteroatoms. The molecule has 29 heavy (non-hydrogen) atoms. The van der Waals surface area contributed by atoms with Gasteiger partial charge in [-0.1, -0.05) is 13.8 Å². The predicted octanol–water partition coefficient (Wildman–Crippen LogP) is 3.44. The lowest BCUT2D eigenvalue weighted by molar-refractivity contribution is -0.177. The summed E-state index contributed by atoms with van der Waals surface area (Å²) in [6, 6.07) is 3.35. The summed E-state index contributed by atoms with van der Waals surface area (Å²) >= 11 is 0. The Balaban J connectivity index is 1.40. The molecule has 2 heterocycles. The van der Waals surface area contributed by atoms with E-state index in [-0.39, 0.29) is 34.1 Å². The molecule has 156 valence electrons. The number of ketones is 1. The van der Waals surface area contributed by atoms with E-state index in [1.807, 2.05) is 6.07 Å². The topological polar surface area (TPSA) is 80.0 Å². The van der Waals surface area contributed by atoms with Crippen LogP contribution in [0.2, 0.25) is 0 Å². The quantitative estimate of drug-likeness (QED) is 0.733. The second-order valence-electron chi connectivity index (χ2n) is 10.8. The number of epoxide rings is 1. The zero-order valence-electron chi connectivity index (χ0n) is 17.2. The number of rotatable bonds is 1. The van der Waals surface area contributed by atoms with Gasteiger partial charge in [-0.15, -0.1) is 0 Å². The van der Waals surface area contributed by atoms with Gasteiger partial charge in [0.2, 0.25) is 0 Å². The Morgan fingerprint density at radius 3 is 2.69 bits per heavy atom. The minimum absolute atomic E-state index is 0.127. The first-order chi connectivity index (χ1) is 13.8. The molecule has 1 spiro atoms. The number of hydrogen-bond donors (Lipinski definition) is 1. The highest BCUT2D eigenvalue weighted by atomic mass is 16.6. The van der Waals surface area contributed by atoms with E-state index in [2.05, 4.69) is 13.8 Å². The number of ether oxygens (including phenoxy) is 1. The van der Waals surface area contributed by atoms with Gasteiger partial charge in [0.25, 0.3) is 0 Å². The normalized spacial score (nSPS) is 52.9. The van der Waals surface area contributed by atoms with Gasteiger partial charge in [-0.3, -0.25) is 4.79 Å². The van der Waals surface area contributed by atoms with Crippen LogP contribution in [-0.4, -0.2) is 28.7 Å². The van der Waals surface area contributed by atoms with Crippen molar-refractivity contribution >= 4 is 5.78 Å². The van der Waals surface area contributed by atoms with Crippen molar-refractivity contribution in [2.24, 2.45) is 28.6 Å². The summed E-state index contributed by atoms with van der Waals surface area (Å²) in [6.45, 7) is 4.58. The van der Waals surface area contributed by atoms with E-state index in [1.54, 1.807) is 6.26 Å². The van der Waals surface area contributed by atoms with E-state index in [9.17, 15) is 14.7 Å². The van der Waals surface area contributed by atoms with Crippen LogP contribution in [0.1, 0.15) is 70.3 Å². The minimum atomic E-state index is -0.457. The average molecular weight is 398 g/mol. The molecule has 0 radical (unpaired) electrons. The molecule has 6 rings (SSSR count). The fourth-order valence-corrected chi connectivity index (χ4v) is 8.51. The van der Waals surface area contributed by atoms with Crippen molar-refractivity contribution in [3.05, 3.63) is 34.4 Å². The highest BCUT2D eigenvalue weighted by molar-refractivity contribution is 5.79. The number of hydrogen-bond acceptors (Lipinski definition) is 5. The summed E-state index contributed by atoms with van der Waals surface area (Å²) in [7, 11) is 0. The second-order valence-corrected chi connectivity index (χ2v) is 10.8. The Kier molecular flexibility index (Phi) is 3.55. The molecule has 0 bridgehead atoms. The molecule has 5 aliphatic rings. The third kappa shape index (κ3) is 2.09. The molecule has 0 aromatic carbocycles. The number of carbonyl (C=O) groups excluding carboxylic acids is 1. The van der Waals surface area contributed by atoms with Crippen molar-refractivity contribution in [1.29, 1.82) is 0 Å². The number of aliphatic hydroxyl groups is 1. The highest BCUT2D eigenvalue weighted by Crippen LogP contribution is 2.77. The smallest absolute Gasteiger partial charge is 0.335 e. The molecule has 1 N–H and O–H groups in total. The summed E-state index contributed by atoms with van der Waals surface area (Å²) in [5.41, 5.74) is 0.151. The fourth-order valence-electron chi connectivity index (χ4n) is 8.51. The summed E-state index contributed by atoms with van der Waals surface area (Å²) in [5, 5.41) is 11.6. The Morgan fingerprint density at radius 2 is 1.93 bits per heavy atom. The minimum Gasteiger partial charge on any atom is -0.431 e. The van der Waals surface area contributed by atoms with E-state index in [0.717, 1.165) is 44.1 Å². The fraction of sp³-hybridized carbons (Fsp3) is 0.750. The van der Waals surface area contributed by atoms with Gasteiger partial charge in [-0.2, -0.15) is 0 Å². The highest BCUT2D eigenvalue weighted by Gasteiger charge is 2.82. The lowest BCUT2D eigenvalue weighted by Crippen LogP contribution is -2.63. The molecule has 1 saturated heterocycles. The third-order valence-corrected chi connectivity index (χ3v) is 10.1. The third-order valence-electron chi connectivity index (χ3n) is 10.1. The Morgan fingerprint density at radius 1 is 1.10 bits per heavy atom. The van der Waals surface area contributed by atoms with E-state index >= 15 is 0 Å². The van der Waals surface area contributed by atoms with Crippen LogP contribution in [-0.2, 0) is 9.53 Å². The Labute approximate surface area is 170 Å². The standard InChI is InChI=1S/C24H30O5/c1-22-8-7-15(25)9-14(22)4-5-16-18(22)10-19(26)23(2)17(11-20-24(16,23)29-20)13-3-6-21(27)28-12-13/h3,6,12,14,16-20,26H,4-5,7-11H2,1-2H3/t14-,16-,17-,18+,19+,20-,22+,23+,24-/m1/s1. The first-order valence-electron chi connectivity index (χ1n) is 11.3. The van der Waals surface area contributed by atoms with Gasteiger partial charge in [-0.05, 0) is 66.9 Å². The van der Waals surface area contributed by atoms with Gasteiger partial charge >= 0.3 is 5.63 Å². The molecular formula is C24H30O5. The van der Waals surface area contributed by atoms with Gasteiger partial charge in [0.05, 0.1) is 18.5 Å². The van der Waals surface area contributed by atoms with Gasteiger partial charge < -0.3 is 14.3 Å². The summed E-state index contributed by atoms with van der Waals surface area (Å²) in [6.07, 6.45) is 7.51. The molecule has 0 amide bonds. The molecule has 4 aliphatic carbocycles. The van der Waals surface area contributed by atoms with Crippen LogP contribution in [0.3, 0.4) is 0 Å². The van der Waals surface area contributed by atoms with Crippen molar-refractivity contribution in [1.82, 2.24) is 0 Å². The maximum atomic E-state index is 12.1. The van der Waals surface area contributed by atoms with Gasteiger partial charge in [-0.25, -0.2) is 4.79 Å². The van der Waals surface area contributed by atoms with E-state index in [4.69, 9.17) is 9.15 Å². The maximum Gasteiger partial charge on any atom is 0.335 e. The van der Waals surface area contributed by atoms with Crippen LogP contribution < -0.4 is 5.63 Å². The van der Waals surface area contributed by atoms with Crippen LogP contribution in [0.25, 0.3) is 0 Å². The molecule has 1 aromatic rings. The van der Waals surface area contributed by atoms with Crippen LogP contribution >= 0.6 is 0 Å². The zero-order chi connectivity index (χ0) is 20.2. The van der Waals surface area contributed by atoms with E-state index in [1.165, 1.54) is 6.07 Å². The Hall–Kier alpha value is -1.46.